The molecule has 146 valence electrons. The number of hydroxylamine groups is 1. The Morgan fingerprint density at radius 3 is 2.68 bits per heavy atom. The van der Waals surface area contributed by atoms with Crippen LogP contribution < -0.4 is 15.5 Å². The lowest BCUT2D eigenvalue weighted by molar-refractivity contribution is -0.127. The van der Waals surface area contributed by atoms with Crippen molar-refractivity contribution in [2.75, 3.05) is 19.5 Å². The zero-order valence-electron chi connectivity index (χ0n) is 18.0. The molecule has 28 heavy (non-hydrogen) atoms. The van der Waals surface area contributed by atoms with E-state index in [-0.39, 0.29) is 17.1 Å². The molecule has 0 saturated heterocycles. The van der Waals surface area contributed by atoms with Gasteiger partial charge in [0.05, 0.1) is 18.3 Å². The number of benzene rings is 1. The number of aromatic nitrogens is 1. The zero-order valence-corrected chi connectivity index (χ0v) is 15.0. The van der Waals surface area contributed by atoms with E-state index >= 15 is 0 Å². The molecule has 1 aromatic heterocycles. The maximum atomic E-state index is 14.6. The van der Waals surface area contributed by atoms with E-state index in [0.29, 0.717) is 36.0 Å². The number of amides is 2. The summed E-state index contributed by atoms with van der Waals surface area (Å²) >= 11 is 0. The van der Waals surface area contributed by atoms with E-state index in [4.69, 9.17) is 8.85 Å². The van der Waals surface area contributed by atoms with Crippen LogP contribution in [-0.2, 0) is 14.4 Å². The van der Waals surface area contributed by atoms with Crippen molar-refractivity contribution in [3.8, 4) is 16.9 Å². The summed E-state index contributed by atoms with van der Waals surface area (Å²) in [5.41, 5.74) is 3.59. The monoisotopic (exact) mass is 388 g/mol. The summed E-state index contributed by atoms with van der Waals surface area (Å²) < 4.78 is 41.0. The number of hydrogen-bond acceptors (Lipinski definition) is 5. The summed E-state index contributed by atoms with van der Waals surface area (Å²) in [6.07, 6.45) is 2.77. The number of nitrogens with zero attached hydrogens (tertiary/aromatic N) is 1. The van der Waals surface area contributed by atoms with Gasteiger partial charge in [0.25, 0.3) is 11.8 Å². The number of carbonyl (C=O) groups is 2. The van der Waals surface area contributed by atoms with Crippen LogP contribution in [-0.4, -0.2) is 30.9 Å². The van der Waals surface area contributed by atoms with Crippen molar-refractivity contribution in [3.63, 3.8) is 0 Å². The van der Waals surface area contributed by atoms with Crippen LogP contribution in [0.25, 0.3) is 11.1 Å². The van der Waals surface area contributed by atoms with Crippen LogP contribution in [0, 0.1) is 5.82 Å². The molecule has 0 spiro atoms. The molecule has 0 unspecified atom stereocenters. The van der Waals surface area contributed by atoms with E-state index in [1.165, 1.54) is 31.5 Å². The maximum Gasteiger partial charge on any atom is 0.271 e. The van der Waals surface area contributed by atoms with Crippen molar-refractivity contribution in [1.82, 2.24) is 10.5 Å². The van der Waals surface area contributed by atoms with Crippen LogP contribution in [0.1, 0.15) is 23.4 Å². The number of methoxy groups -OCH3 is 1. The zero-order chi connectivity index (χ0) is 22.6. The number of anilines is 1. The number of halogens is 1. The average molecular weight is 388 g/mol. The van der Waals surface area contributed by atoms with E-state index in [0.717, 1.165) is 0 Å². The van der Waals surface area contributed by atoms with Crippen LogP contribution >= 0.6 is 0 Å². The van der Waals surface area contributed by atoms with Crippen LogP contribution in [0.4, 0.5) is 10.2 Å². The van der Waals surface area contributed by atoms with E-state index in [1.54, 1.807) is 12.1 Å². The molecule has 2 aromatic rings. The number of ether oxygens (including phenoxy) is 1. The first-order chi connectivity index (χ1) is 14.7. The van der Waals surface area contributed by atoms with Crippen molar-refractivity contribution in [2.45, 2.75) is 19.3 Å². The third-order valence-electron chi connectivity index (χ3n) is 4.32. The minimum absolute atomic E-state index is 0.102. The van der Waals surface area contributed by atoms with E-state index in [2.05, 4.69) is 20.6 Å². The molecule has 7 nitrogen and oxygen atoms in total. The highest BCUT2D eigenvalue weighted by Gasteiger charge is 2.26. The number of hydrogen-bond donors (Lipinski definition) is 2. The Kier molecular flexibility index (Phi) is 4.85. The van der Waals surface area contributed by atoms with Gasteiger partial charge in [-0.25, -0.2) is 14.9 Å². The fourth-order valence-corrected chi connectivity index (χ4v) is 3.01. The first-order valence-corrected chi connectivity index (χ1v) is 8.49. The normalized spacial score (nSPS) is 15.4. The SMILES string of the molecule is [2H]C([2H])([2H])Oc1cccc(-c2cnc(NC(=O)C3=C(C(=O)NOC)CCC3)c(F)c2)c1. The van der Waals surface area contributed by atoms with Gasteiger partial charge in [-0.3, -0.25) is 14.4 Å². The molecule has 0 bridgehead atoms. The van der Waals surface area contributed by atoms with Crippen molar-refractivity contribution in [1.29, 1.82) is 0 Å². The molecule has 0 radical (unpaired) electrons. The van der Waals surface area contributed by atoms with Crippen LogP contribution in [0.2, 0.25) is 0 Å². The fraction of sp³-hybridized carbons (Fsp3) is 0.250. The molecule has 0 fully saturated rings. The molecule has 0 saturated carbocycles. The van der Waals surface area contributed by atoms with Gasteiger partial charge >= 0.3 is 0 Å². The lowest BCUT2D eigenvalue weighted by Gasteiger charge is -2.10. The number of nitrogens with one attached hydrogen (secondary N) is 2. The molecule has 2 N–H and O–H groups in total. The molecule has 1 aromatic carbocycles. The summed E-state index contributed by atoms with van der Waals surface area (Å²) in [4.78, 5) is 33.1. The molecule has 1 aliphatic rings. The van der Waals surface area contributed by atoms with Gasteiger partial charge in [-0.2, -0.15) is 0 Å². The van der Waals surface area contributed by atoms with Gasteiger partial charge in [-0.1, -0.05) is 12.1 Å². The van der Waals surface area contributed by atoms with Crippen molar-refractivity contribution in [2.24, 2.45) is 0 Å². The highest BCUT2D eigenvalue weighted by molar-refractivity contribution is 6.10. The Morgan fingerprint density at radius 2 is 1.96 bits per heavy atom. The van der Waals surface area contributed by atoms with Gasteiger partial charge < -0.3 is 10.1 Å². The van der Waals surface area contributed by atoms with Crippen molar-refractivity contribution < 1.29 is 27.7 Å². The molecule has 2 amide bonds. The second kappa shape index (κ2) is 8.62. The maximum absolute atomic E-state index is 14.6. The molecule has 1 aliphatic carbocycles. The largest absolute Gasteiger partial charge is 0.497 e. The summed E-state index contributed by atoms with van der Waals surface area (Å²) in [6.45, 7) is 0. The first kappa shape index (κ1) is 15.8. The molecule has 0 aliphatic heterocycles. The van der Waals surface area contributed by atoms with Crippen LogP contribution in [0.3, 0.4) is 0 Å². The second-order valence-electron chi connectivity index (χ2n) is 6.08. The topological polar surface area (TPSA) is 89.5 Å². The van der Waals surface area contributed by atoms with Gasteiger partial charge in [0.1, 0.15) is 5.75 Å². The Labute approximate surface area is 165 Å². The predicted molar refractivity (Wildman–Crippen MR) is 101 cm³/mol. The number of rotatable bonds is 6. The minimum atomic E-state index is -2.61. The second-order valence-corrected chi connectivity index (χ2v) is 6.08. The minimum Gasteiger partial charge on any atom is -0.497 e. The Balaban J connectivity index is 1.79. The number of carbonyl (C=O) groups excluding carboxylic acids is 2. The van der Waals surface area contributed by atoms with Gasteiger partial charge in [0.15, 0.2) is 11.6 Å². The average Bonchev–Trinajstić information content (AvgIpc) is 3.19. The van der Waals surface area contributed by atoms with Gasteiger partial charge in [0, 0.05) is 22.9 Å². The van der Waals surface area contributed by atoms with Crippen LogP contribution in [0.5, 0.6) is 5.75 Å². The van der Waals surface area contributed by atoms with Crippen LogP contribution in [0.15, 0.2) is 47.7 Å². The smallest absolute Gasteiger partial charge is 0.271 e. The molecular weight excluding hydrogens is 365 g/mol. The summed E-state index contributed by atoms with van der Waals surface area (Å²) in [5.74, 6) is -2.08. The summed E-state index contributed by atoms with van der Waals surface area (Å²) in [6, 6.07) is 7.30. The fourth-order valence-electron chi connectivity index (χ4n) is 3.01. The lowest BCUT2D eigenvalue weighted by atomic mass is 10.1. The lowest BCUT2D eigenvalue weighted by Crippen LogP contribution is -2.26. The third-order valence-corrected chi connectivity index (χ3v) is 4.32. The van der Waals surface area contributed by atoms with Gasteiger partial charge in [0.2, 0.25) is 0 Å². The van der Waals surface area contributed by atoms with Crippen molar-refractivity contribution in [3.05, 3.63) is 53.5 Å². The summed E-state index contributed by atoms with van der Waals surface area (Å²) in [7, 11) is -1.32. The Bertz CT molecular complexity index is 1040. The highest BCUT2D eigenvalue weighted by Crippen LogP contribution is 2.29. The third kappa shape index (κ3) is 4.17. The molecular formula is C20H20FN3O4. The number of pyridine rings is 1. The molecule has 3 rings (SSSR count). The Morgan fingerprint density at radius 1 is 1.18 bits per heavy atom. The Hall–Kier alpha value is -3.26. The van der Waals surface area contributed by atoms with E-state index < -0.39 is 24.7 Å². The molecule has 0 atom stereocenters. The van der Waals surface area contributed by atoms with E-state index in [1.807, 2.05) is 0 Å². The predicted octanol–water partition coefficient (Wildman–Crippen LogP) is 2.99. The quantitative estimate of drug-likeness (QED) is 0.743. The van der Waals surface area contributed by atoms with Crippen molar-refractivity contribution >= 4 is 17.6 Å². The van der Waals surface area contributed by atoms with E-state index in [9.17, 15) is 14.0 Å². The van der Waals surface area contributed by atoms with Gasteiger partial charge in [-0.05, 0) is 43.0 Å². The van der Waals surface area contributed by atoms with Gasteiger partial charge in [-0.15, -0.1) is 0 Å². The highest BCUT2D eigenvalue weighted by atomic mass is 19.1. The summed E-state index contributed by atoms with van der Waals surface area (Å²) in [5, 5.41) is 2.40. The first-order valence-electron chi connectivity index (χ1n) is 9.99. The molecule has 1 heterocycles. The standard InChI is InChI=1S/C20H20FN3O4/c1-27-14-6-3-5-12(9-14)13-10-17(21)18(22-11-13)23-19(25)15-7-4-8-16(15)20(26)24-28-2/h3,5-6,9-11H,4,7-8H2,1-2H3,(H,24,26)(H,22,23,25)/i1D3. The molecule has 8 heteroatoms.